The van der Waals surface area contributed by atoms with Crippen molar-refractivity contribution in [3.63, 3.8) is 0 Å². The molecule has 2 unspecified atom stereocenters. The summed E-state index contributed by atoms with van der Waals surface area (Å²) in [7, 11) is 1.74. The van der Waals surface area contributed by atoms with Crippen LogP contribution in [0.5, 0.6) is 0 Å². The van der Waals surface area contributed by atoms with Gasteiger partial charge in [-0.1, -0.05) is 26.2 Å². The molecule has 7 nitrogen and oxygen atoms in total. The third-order valence-electron chi connectivity index (χ3n) is 4.97. The van der Waals surface area contributed by atoms with E-state index in [2.05, 4.69) is 22.3 Å². The molecule has 1 amide bonds. The third-order valence-corrected chi connectivity index (χ3v) is 4.97. The molecule has 2 atom stereocenters. The molecule has 3 rings (SSSR count). The Morgan fingerprint density at radius 1 is 1.42 bits per heavy atom. The van der Waals surface area contributed by atoms with E-state index >= 15 is 0 Å². The topological polar surface area (TPSA) is 81.8 Å². The summed E-state index contributed by atoms with van der Waals surface area (Å²) in [6, 6.07) is 0.245. The molecule has 24 heavy (non-hydrogen) atoms. The quantitative estimate of drug-likeness (QED) is 0.872. The summed E-state index contributed by atoms with van der Waals surface area (Å²) < 4.78 is 2.91. The standard InChI is InChI=1S/C17H25N5O2/c1-3-4-6-12-7-5-8-14(12)20-15(23)10-22-11-18-16-13(17(22)24)9-19-21(16)2/h9,11-12,14H,3-8,10H2,1-2H3,(H,20,23). The molecule has 0 aromatic carbocycles. The molecule has 0 radical (unpaired) electrons. The van der Waals surface area contributed by atoms with Crippen LogP contribution in [0, 0.1) is 5.92 Å². The van der Waals surface area contributed by atoms with E-state index in [0.29, 0.717) is 17.0 Å². The molecule has 0 bridgehead atoms. The van der Waals surface area contributed by atoms with Gasteiger partial charge in [-0.25, -0.2) is 4.98 Å². The Labute approximate surface area is 141 Å². The van der Waals surface area contributed by atoms with Crippen LogP contribution in [0.2, 0.25) is 0 Å². The Bertz CT molecular complexity index is 779. The normalized spacial score (nSPS) is 20.6. The number of aromatic nitrogens is 4. The Balaban J connectivity index is 1.67. The Morgan fingerprint density at radius 2 is 2.25 bits per heavy atom. The van der Waals surface area contributed by atoms with Crippen molar-refractivity contribution in [1.29, 1.82) is 0 Å². The van der Waals surface area contributed by atoms with Crippen molar-refractivity contribution in [2.24, 2.45) is 13.0 Å². The summed E-state index contributed by atoms with van der Waals surface area (Å²) in [5.74, 6) is 0.458. The van der Waals surface area contributed by atoms with Crippen molar-refractivity contribution in [2.75, 3.05) is 0 Å². The van der Waals surface area contributed by atoms with Gasteiger partial charge >= 0.3 is 0 Å². The molecule has 2 aromatic rings. The fourth-order valence-electron chi connectivity index (χ4n) is 3.63. The minimum absolute atomic E-state index is 0.00760. The Morgan fingerprint density at radius 3 is 3.04 bits per heavy atom. The highest BCUT2D eigenvalue weighted by molar-refractivity contribution is 5.77. The number of nitrogens with one attached hydrogen (secondary N) is 1. The van der Waals surface area contributed by atoms with Gasteiger partial charge in [0.2, 0.25) is 5.91 Å². The Hall–Kier alpha value is -2.18. The van der Waals surface area contributed by atoms with Crippen LogP contribution in [0.1, 0.15) is 45.4 Å². The summed E-state index contributed by atoms with van der Waals surface area (Å²) in [4.78, 5) is 29.0. The fraction of sp³-hybridized carbons (Fsp3) is 0.647. The Kier molecular flexibility index (Phi) is 4.97. The number of unbranched alkanes of at least 4 members (excludes halogenated alkanes) is 1. The highest BCUT2D eigenvalue weighted by Crippen LogP contribution is 2.29. The van der Waals surface area contributed by atoms with Crippen LogP contribution >= 0.6 is 0 Å². The first-order valence-electron chi connectivity index (χ1n) is 8.76. The predicted octanol–water partition coefficient (Wildman–Crippen LogP) is 1.61. The summed E-state index contributed by atoms with van der Waals surface area (Å²) in [6.07, 6.45) is 9.88. The first-order valence-corrected chi connectivity index (χ1v) is 8.76. The van der Waals surface area contributed by atoms with Crippen LogP contribution in [0.15, 0.2) is 17.3 Å². The molecular formula is C17H25N5O2. The molecule has 2 aromatic heterocycles. The van der Waals surface area contributed by atoms with Crippen LogP contribution in [-0.4, -0.2) is 31.3 Å². The van der Waals surface area contributed by atoms with Crippen molar-refractivity contribution in [3.8, 4) is 0 Å². The smallest absolute Gasteiger partial charge is 0.264 e. The minimum Gasteiger partial charge on any atom is -0.352 e. The zero-order chi connectivity index (χ0) is 17.1. The lowest BCUT2D eigenvalue weighted by Crippen LogP contribution is -2.40. The second kappa shape index (κ2) is 7.15. The van der Waals surface area contributed by atoms with Crippen LogP contribution in [0.4, 0.5) is 0 Å². The van der Waals surface area contributed by atoms with Crippen LogP contribution in [-0.2, 0) is 18.4 Å². The summed E-state index contributed by atoms with van der Waals surface area (Å²) in [6.45, 7) is 2.20. The van der Waals surface area contributed by atoms with E-state index in [9.17, 15) is 9.59 Å². The van der Waals surface area contributed by atoms with Gasteiger partial charge in [0.1, 0.15) is 18.3 Å². The van der Waals surface area contributed by atoms with Crippen molar-refractivity contribution < 1.29 is 4.79 Å². The number of rotatable bonds is 6. The molecule has 2 heterocycles. The van der Waals surface area contributed by atoms with Gasteiger partial charge in [-0.2, -0.15) is 5.10 Å². The summed E-state index contributed by atoms with van der Waals surface area (Å²) >= 11 is 0. The highest BCUT2D eigenvalue weighted by Gasteiger charge is 2.28. The minimum atomic E-state index is -0.225. The fourth-order valence-corrected chi connectivity index (χ4v) is 3.63. The lowest BCUT2D eigenvalue weighted by molar-refractivity contribution is -0.122. The average Bonchev–Trinajstić information content (AvgIpc) is 3.15. The van der Waals surface area contributed by atoms with Crippen LogP contribution in [0.25, 0.3) is 11.0 Å². The van der Waals surface area contributed by atoms with Crippen LogP contribution in [0.3, 0.4) is 0 Å². The average molecular weight is 331 g/mol. The van der Waals surface area contributed by atoms with E-state index in [1.54, 1.807) is 11.7 Å². The van der Waals surface area contributed by atoms with E-state index < -0.39 is 0 Å². The number of carbonyl (C=O) groups excluding carboxylic acids is 1. The number of amides is 1. The monoisotopic (exact) mass is 331 g/mol. The van der Waals surface area contributed by atoms with Gasteiger partial charge in [-0.05, 0) is 25.2 Å². The van der Waals surface area contributed by atoms with Crippen molar-refractivity contribution >= 4 is 16.9 Å². The lowest BCUT2D eigenvalue weighted by Gasteiger charge is -2.21. The largest absolute Gasteiger partial charge is 0.352 e. The van der Waals surface area contributed by atoms with Gasteiger partial charge in [-0.3, -0.25) is 18.8 Å². The predicted molar refractivity (Wildman–Crippen MR) is 91.6 cm³/mol. The molecule has 0 aliphatic heterocycles. The second-order valence-corrected chi connectivity index (χ2v) is 6.69. The molecule has 0 spiro atoms. The number of nitrogens with zero attached hydrogens (tertiary/aromatic N) is 4. The highest BCUT2D eigenvalue weighted by atomic mass is 16.2. The van der Waals surface area contributed by atoms with E-state index in [1.165, 1.54) is 49.2 Å². The molecule has 1 saturated carbocycles. The molecule has 1 aliphatic carbocycles. The molecule has 0 saturated heterocycles. The zero-order valence-corrected chi connectivity index (χ0v) is 14.4. The molecule has 130 valence electrons. The molecule has 7 heteroatoms. The third kappa shape index (κ3) is 3.34. The molecule has 1 aliphatic rings. The molecule has 1 fully saturated rings. The van der Waals surface area contributed by atoms with Gasteiger partial charge in [0.05, 0.1) is 6.20 Å². The van der Waals surface area contributed by atoms with Gasteiger partial charge < -0.3 is 5.32 Å². The van der Waals surface area contributed by atoms with E-state index in [1.807, 2.05) is 0 Å². The first-order chi connectivity index (χ1) is 11.6. The maximum absolute atomic E-state index is 12.4. The summed E-state index contributed by atoms with van der Waals surface area (Å²) in [5, 5.41) is 7.60. The van der Waals surface area contributed by atoms with Gasteiger partial charge in [0.25, 0.3) is 5.56 Å². The van der Waals surface area contributed by atoms with Crippen molar-refractivity contribution in [2.45, 2.75) is 58.0 Å². The van der Waals surface area contributed by atoms with Crippen molar-refractivity contribution in [1.82, 2.24) is 24.6 Å². The number of hydrogen-bond donors (Lipinski definition) is 1. The van der Waals surface area contributed by atoms with E-state index in [4.69, 9.17) is 0 Å². The SMILES string of the molecule is CCCCC1CCCC1NC(=O)Cn1cnc2c(cnn2C)c1=O. The number of aryl methyl sites for hydroxylation is 1. The first kappa shape index (κ1) is 16.7. The number of fused-ring (bicyclic) bond motifs is 1. The second-order valence-electron chi connectivity index (χ2n) is 6.69. The maximum atomic E-state index is 12.4. The molecule has 1 N–H and O–H groups in total. The van der Waals surface area contributed by atoms with Crippen LogP contribution < -0.4 is 10.9 Å². The lowest BCUT2D eigenvalue weighted by atomic mass is 9.97. The van der Waals surface area contributed by atoms with E-state index in [-0.39, 0.29) is 24.1 Å². The number of hydrogen-bond acceptors (Lipinski definition) is 4. The zero-order valence-electron chi connectivity index (χ0n) is 14.4. The van der Waals surface area contributed by atoms with Gasteiger partial charge in [0.15, 0.2) is 5.65 Å². The molecular weight excluding hydrogens is 306 g/mol. The van der Waals surface area contributed by atoms with Gasteiger partial charge in [-0.15, -0.1) is 0 Å². The van der Waals surface area contributed by atoms with Crippen molar-refractivity contribution in [3.05, 3.63) is 22.9 Å². The maximum Gasteiger partial charge on any atom is 0.264 e. The van der Waals surface area contributed by atoms with Gasteiger partial charge in [0, 0.05) is 13.1 Å². The number of carbonyl (C=O) groups is 1. The van der Waals surface area contributed by atoms with E-state index in [0.717, 1.165) is 6.42 Å². The summed E-state index contributed by atoms with van der Waals surface area (Å²) in [5.41, 5.74) is 0.310.